The van der Waals surface area contributed by atoms with E-state index in [0.29, 0.717) is 0 Å². The summed E-state index contributed by atoms with van der Waals surface area (Å²) in [5.74, 6) is 0. The average molecular weight is 327 g/mol. The van der Waals surface area contributed by atoms with E-state index in [1.807, 2.05) is 0 Å². The van der Waals surface area contributed by atoms with Crippen LogP contribution in [0, 0.1) is 0 Å². The van der Waals surface area contributed by atoms with Crippen LogP contribution in [0.15, 0.2) is 25.3 Å². The van der Waals surface area contributed by atoms with Gasteiger partial charge in [-0.3, -0.25) is 14.0 Å². The van der Waals surface area contributed by atoms with Gasteiger partial charge in [0.05, 0.1) is 13.2 Å². The molecule has 0 aromatic carbocycles. The van der Waals surface area contributed by atoms with Crippen molar-refractivity contribution < 1.29 is 28.0 Å². The lowest BCUT2D eigenvalue weighted by molar-refractivity contribution is 0.185. The van der Waals surface area contributed by atoms with E-state index in [-0.39, 0.29) is 26.3 Å². The minimum absolute atomic E-state index is 0.0177. The molecule has 0 amide bonds. The van der Waals surface area contributed by atoms with Gasteiger partial charge < -0.3 is 18.8 Å². The predicted octanol–water partition coefficient (Wildman–Crippen LogP) is 2.39. The van der Waals surface area contributed by atoms with Gasteiger partial charge in [0.2, 0.25) is 5.52 Å². The van der Waals surface area contributed by atoms with Crippen molar-refractivity contribution in [2.75, 3.05) is 26.3 Å². The minimum Gasteiger partial charge on any atom is -0.323 e. The largest absolute Gasteiger partial charge is 0.360 e. The molecule has 118 valence electrons. The van der Waals surface area contributed by atoms with Gasteiger partial charge in [0, 0.05) is 13.1 Å². The molecule has 0 aliphatic heterocycles. The maximum Gasteiger partial charge on any atom is 0.360 e. The molecule has 0 aliphatic rings. The van der Waals surface area contributed by atoms with Crippen LogP contribution in [0.25, 0.3) is 0 Å². The molecule has 0 aliphatic carbocycles. The molecule has 0 aromatic rings. The van der Waals surface area contributed by atoms with Crippen LogP contribution in [0.2, 0.25) is 0 Å². The Hall–Kier alpha value is -0.260. The highest BCUT2D eigenvalue weighted by molar-refractivity contribution is 7.71. The Bertz CT molecular complexity index is 388. The van der Waals surface area contributed by atoms with Crippen LogP contribution in [0.5, 0.6) is 0 Å². The first-order valence-electron chi connectivity index (χ1n) is 6.16. The maximum absolute atomic E-state index is 12.7. The van der Waals surface area contributed by atoms with Crippen molar-refractivity contribution in [3.63, 3.8) is 0 Å². The summed E-state index contributed by atoms with van der Waals surface area (Å²) in [4.78, 5) is 20.4. The van der Waals surface area contributed by atoms with Gasteiger partial charge in [0.25, 0.3) is 0 Å². The molecule has 20 heavy (non-hydrogen) atoms. The van der Waals surface area contributed by atoms with E-state index in [4.69, 9.17) is 9.05 Å². The molecular formula is C11H23NO6P2. The second-order valence-electron chi connectivity index (χ2n) is 3.84. The molecular weight excluding hydrogens is 304 g/mol. The average Bonchev–Trinajstić information content (AvgIpc) is 2.28. The Morgan fingerprint density at radius 3 is 1.75 bits per heavy atom. The lowest BCUT2D eigenvalue weighted by atomic mass is 10.5. The van der Waals surface area contributed by atoms with Gasteiger partial charge in [-0.05, 0) is 13.8 Å². The van der Waals surface area contributed by atoms with Crippen LogP contribution in [0.3, 0.4) is 0 Å². The van der Waals surface area contributed by atoms with Crippen LogP contribution in [0.1, 0.15) is 13.8 Å². The molecule has 0 heterocycles. The van der Waals surface area contributed by atoms with E-state index in [0.717, 1.165) is 0 Å². The molecule has 1 unspecified atom stereocenters. The number of nitrogens with zero attached hydrogens (tertiary/aromatic N) is 1. The maximum atomic E-state index is 12.7. The lowest BCUT2D eigenvalue weighted by Crippen LogP contribution is -2.36. The van der Waals surface area contributed by atoms with Crippen LogP contribution < -0.4 is 0 Å². The smallest absolute Gasteiger partial charge is 0.323 e. The molecule has 7 nitrogen and oxygen atoms in total. The van der Waals surface area contributed by atoms with Crippen molar-refractivity contribution in [3.8, 4) is 0 Å². The fourth-order valence-electron chi connectivity index (χ4n) is 1.72. The molecule has 0 fully saturated rings. The van der Waals surface area contributed by atoms with Crippen LogP contribution in [-0.4, -0.2) is 46.5 Å². The quantitative estimate of drug-likeness (QED) is 0.444. The summed E-state index contributed by atoms with van der Waals surface area (Å²) in [5.41, 5.74) is -1.68. The molecule has 0 aromatic heterocycles. The zero-order valence-electron chi connectivity index (χ0n) is 11.8. The first-order chi connectivity index (χ1) is 9.26. The Morgan fingerprint density at radius 1 is 1.10 bits per heavy atom. The van der Waals surface area contributed by atoms with Gasteiger partial charge >= 0.3 is 15.2 Å². The summed E-state index contributed by atoms with van der Waals surface area (Å²) in [6.45, 7) is 10.5. The van der Waals surface area contributed by atoms with Crippen molar-refractivity contribution >= 4 is 15.2 Å². The summed E-state index contributed by atoms with van der Waals surface area (Å²) >= 11 is 0. The molecule has 0 rings (SSSR count). The zero-order valence-corrected chi connectivity index (χ0v) is 13.6. The fraction of sp³-hybridized carbons (Fsp3) is 0.636. The van der Waals surface area contributed by atoms with Crippen LogP contribution >= 0.6 is 15.2 Å². The monoisotopic (exact) mass is 327 g/mol. The molecule has 0 bridgehead atoms. The number of hydrogen-bond acceptors (Lipinski definition) is 5. The molecule has 1 atom stereocenters. The van der Waals surface area contributed by atoms with Crippen molar-refractivity contribution in [1.82, 2.24) is 4.90 Å². The van der Waals surface area contributed by atoms with Gasteiger partial charge in [-0.2, -0.15) is 0 Å². The standard InChI is InChI=1S/C11H23NO6P2/c1-5-9-12(10-6-2)11(19(13,14)15)20(16,17-7-3)18-8-4/h5-6,11H,1-2,7-10H2,3-4H3,(H2,13,14,15). The van der Waals surface area contributed by atoms with E-state index in [1.54, 1.807) is 13.8 Å². The Morgan fingerprint density at radius 2 is 1.50 bits per heavy atom. The van der Waals surface area contributed by atoms with Gasteiger partial charge in [-0.25, -0.2) is 0 Å². The summed E-state index contributed by atoms with van der Waals surface area (Å²) in [6, 6.07) is 0. The zero-order chi connectivity index (χ0) is 15.8. The third-order valence-corrected chi connectivity index (χ3v) is 7.06. The van der Waals surface area contributed by atoms with Crippen LogP contribution in [-0.2, 0) is 18.2 Å². The van der Waals surface area contributed by atoms with Gasteiger partial charge in [0.1, 0.15) is 0 Å². The first kappa shape index (κ1) is 19.7. The van der Waals surface area contributed by atoms with E-state index >= 15 is 0 Å². The molecule has 0 saturated heterocycles. The molecule has 0 saturated carbocycles. The number of hydrogen-bond donors (Lipinski definition) is 2. The summed E-state index contributed by atoms with van der Waals surface area (Å²) in [5, 5.41) is 0. The van der Waals surface area contributed by atoms with Gasteiger partial charge in [0.15, 0.2) is 0 Å². The first-order valence-corrected chi connectivity index (χ1v) is 9.46. The van der Waals surface area contributed by atoms with Crippen LogP contribution in [0.4, 0.5) is 0 Å². The molecule has 2 N–H and O–H groups in total. The van der Waals surface area contributed by atoms with Crippen molar-refractivity contribution in [3.05, 3.63) is 25.3 Å². The highest BCUT2D eigenvalue weighted by Crippen LogP contribution is 2.66. The predicted molar refractivity (Wildman–Crippen MR) is 78.7 cm³/mol. The van der Waals surface area contributed by atoms with E-state index in [2.05, 4.69) is 13.2 Å². The van der Waals surface area contributed by atoms with Crippen molar-refractivity contribution in [1.29, 1.82) is 0 Å². The normalized spacial score (nSPS) is 14.2. The van der Waals surface area contributed by atoms with Crippen molar-refractivity contribution in [2.24, 2.45) is 0 Å². The molecule has 9 heteroatoms. The summed E-state index contributed by atoms with van der Waals surface area (Å²) in [7, 11) is -8.75. The van der Waals surface area contributed by atoms with E-state index in [1.165, 1.54) is 17.1 Å². The molecule has 0 spiro atoms. The Labute approximate surface area is 120 Å². The molecule has 0 radical (unpaired) electrons. The van der Waals surface area contributed by atoms with Gasteiger partial charge in [-0.15, -0.1) is 13.2 Å². The second kappa shape index (κ2) is 8.90. The Kier molecular flexibility index (Phi) is 8.79. The topological polar surface area (TPSA) is 96.3 Å². The van der Waals surface area contributed by atoms with E-state index in [9.17, 15) is 18.9 Å². The summed E-state index contributed by atoms with van der Waals surface area (Å²) < 4.78 is 34.6. The Balaban J connectivity index is 5.71. The van der Waals surface area contributed by atoms with Crippen molar-refractivity contribution in [2.45, 2.75) is 19.4 Å². The SMILES string of the molecule is C=CCN(CC=C)C(P(=O)(O)O)P(=O)(OCC)OCC. The fourth-order valence-corrected chi connectivity index (χ4v) is 5.86. The number of rotatable bonds is 11. The second-order valence-corrected chi connectivity index (χ2v) is 8.00. The third-order valence-electron chi connectivity index (χ3n) is 2.26. The van der Waals surface area contributed by atoms with Gasteiger partial charge in [-0.1, -0.05) is 12.2 Å². The highest BCUT2D eigenvalue weighted by atomic mass is 31.2. The lowest BCUT2D eigenvalue weighted by Gasteiger charge is -2.34. The third kappa shape index (κ3) is 5.62. The highest BCUT2D eigenvalue weighted by Gasteiger charge is 2.50. The minimum atomic E-state index is -4.76. The van der Waals surface area contributed by atoms with E-state index < -0.39 is 20.7 Å². The summed E-state index contributed by atoms with van der Waals surface area (Å²) in [6.07, 6.45) is 2.91.